The van der Waals surface area contributed by atoms with Crippen molar-refractivity contribution < 1.29 is 33.3 Å². The van der Waals surface area contributed by atoms with Gasteiger partial charge in [0.2, 0.25) is 5.28 Å². The van der Waals surface area contributed by atoms with E-state index < -0.39 is 42.4 Å². The van der Waals surface area contributed by atoms with Gasteiger partial charge in [0.25, 0.3) is 0 Å². The van der Waals surface area contributed by atoms with Crippen molar-refractivity contribution in [2.45, 2.75) is 45.3 Å². The highest BCUT2D eigenvalue weighted by Crippen LogP contribution is 2.40. The largest absolute Gasteiger partial charge is 0.463 e. The van der Waals surface area contributed by atoms with Crippen molar-refractivity contribution in [2.75, 3.05) is 6.61 Å². The second-order valence-electron chi connectivity index (χ2n) is 6.52. The SMILES string of the molecule is CC(=O)OC[C@H]1O[C@H](n2c(Cl)nc3c(Cl)cc(Cl)cc32)[C@H](OC(C)=O)[C@@H]1OC(C)=O. The Hall–Kier alpha value is -2.07. The fourth-order valence-corrected chi connectivity index (χ4v) is 4.03. The molecule has 2 aromatic rings. The number of ether oxygens (including phenoxy) is 4. The molecule has 2 heterocycles. The van der Waals surface area contributed by atoms with Crippen LogP contribution < -0.4 is 0 Å². The van der Waals surface area contributed by atoms with Gasteiger partial charge < -0.3 is 18.9 Å². The molecule has 0 bridgehead atoms. The molecule has 1 aromatic heterocycles. The second kappa shape index (κ2) is 8.97. The van der Waals surface area contributed by atoms with Crippen molar-refractivity contribution in [1.82, 2.24) is 9.55 Å². The number of halogens is 3. The quantitative estimate of drug-likeness (QED) is 0.475. The average Bonchev–Trinajstić information content (AvgIpc) is 3.10. The Labute approximate surface area is 186 Å². The Morgan fingerprint density at radius 3 is 2.27 bits per heavy atom. The molecular formula is C18H17Cl3N2O7. The summed E-state index contributed by atoms with van der Waals surface area (Å²) in [5.74, 6) is -1.84. The van der Waals surface area contributed by atoms with E-state index in [4.69, 9.17) is 53.8 Å². The second-order valence-corrected chi connectivity index (χ2v) is 7.70. The molecule has 30 heavy (non-hydrogen) atoms. The Bertz CT molecular complexity index is 1010. The average molecular weight is 480 g/mol. The molecule has 0 spiro atoms. The number of benzene rings is 1. The minimum Gasteiger partial charge on any atom is -0.463 e. The molecule has 4 atom stereocenters. The zero-order valence-corrected chi connectivity index (χ0v) is 18.3. The van der Waals surface area contributed by atoms with Gasteiger partial charge >= 0.3 is 17.9 Å². The van der Waals surface area contributed by atoms with Gasteiger partial charge in [-0.25, -0.2) is 4.98 Å². The number of carbonyl (C=O) groups excluding carboxylic acids is 3. The number of nitrogens with zero attached hydrogens (tertiary/aromatic N) is 2. The summed E-state index contributed by atoms with van der Waals surface area (Å²) in [5, 5.41) is 0.555. The molecule has 0 N–H and O–H groups in total. The van der Waals surface area contributed by atoms with Crippen LogP contribution in [0.5, 0.6) is 0 Å². The summed E-state index contributed by atoms with van der Waals surface area (Å²) in [6.07, 6.45) is -4.18. The third-order valence-electron chi connectivity index (χ3n) is 4.27. The summed E-state index contributed by atoms with van der Waals surface area (Å²) in [4.78, 5) is 38.9. The first-order chi connectivity index (χ1) is 14.1. The molecule has 0 amide bonds. The molecule has 162 valence electrons. The van der Waals surface area contributed by atoms with Gasteiger partial charge in [-0.1, -0.05) is 23.2 Å². The Morgan fingerprint density at radius 2 is 1.67 bits per heavy atom. The number of hydrogen-bond acceptors (Lipinski definition) is 8. The molecule has 1 aliphatic rings. The van der Waals surface area contributed by atoms with Crippen LogP contribution in [0.3, 0.4) is 0 Å². The zero-order chi connectivity index (χ0) is 22.2. The molecule has 9 nitrogen and oxygen atoms in total. The van der Waals surface area contributed by atoms with Crippen LogP contribution in [0.2, 0.25) is 15.3 Å². The van der Waals surface area contributed by atoms with Gasteiger partial charge in [-0.05, 0) is 23.7 Å². The molecule has 1 saturated heterocycles. The van der Waals surface area contributed by atoms with Crippen LogP contribution >= 0.6 is 34.8 Å². The first-order valence-corrected chi connectivity index (χ1v) is 9.87. The van der Waals surface area contributed by atoms with Crippen LogP contribution in [0, 0.1) is 0 Å². The zero-order valence-electron chi connectivity index (χ0n) is 16.1. The van der Waals surface area contributed by atoms with Gasteiger partial charge in [0.15, 0.2) is 18.4 Å². The first-order valence-electron chi connectivity index (χ1n) is 8.74. The van der Waals surface area contributed by atoms with Crippen LogP contribution in [-0.2, 0) is 33.3 Å². The number of aromatic nitrogens is 2. The normalized spacial score (nSPS) is 23.4. The van der Waals surface area contributed by atoms with E-state index in [1.54, 1.807) is 6.07 Å². The van der Waals surface area contributed by atoms with E-state index in [2.05, 4.69) is 4.98 Å². The fourth-order valence-electron chi connectivity index (χ4n) is 3.23. The molecule has 1 aromatic carbocycles. The lowest BCUT2D eigenvalue weighted by molar-refractivity contribution is -0.166. The van der Waals surface area contributed by atoms with Crippen LogP contribution in [0.1, 0.15) is 27.0 Å². The minimum absolute atomic E-state index is 0.0222. The maximum Gasteiger partial charge on any atom is 0.303 e. The Kier molecular flexibility index (Phi) is 6.76. The lowest BCUT2D eigenvalue weighted by Crippen LogP contribution is -2.40. The number of esters is 3. The standard InChI is InChI=1S/C18H17Cl3N2O7/c1-7(24)27-6-13-15(28-8(2)25)16(29-9(3)26)17(30-13)23-12-5-10(19)4-11(20)14(12)22-18(23)21/h4-5,13,15-17H,6H2,1-3H3/t13-,15-,16-,17+/m1/s1. The van der Waals surface area contributed by atoms with Crippen LogP contribution in [0.4, 0.5) is 0 Å². The van der Waals surface area contributed by atoms with Crippen molar-refractivity contribution in [3.05, 3.63) is 27.5 Å². The highest BCUT2D eigenvalue weighted by molar-refractivity contribution is 6.38. The number of imidazole rings is 1. The van der Waals surface area contributed by atoms with Gasteiger partial charge in [-0.15, -0.1) is 0 Å². The van der Waals surface area contributed by atoms with Crippen LogP contribution in [0.15, 0.2) is 12.1 Å². The van der Waals surface area contributed by atoms with Crippen molar-refractivity contribution in [1.29, 1.82) is 0 Å². The molecule has 1 aliphatic heterocycles. The van der Waals surface area contributed by atoms with E-state index in [-0.39, 0.29) is 16.9 Å². The van der Waals surface area contributed by atoms with E-state index in [9.17, 15) is 14.4 Å². The van der Waals surface area contributed by atoms with Crippen molar-refractivity contribution in [2.24, 2.45) is 0 Å². The minimum atomic E-state index is -1.11. The molecule has 3 rings (SSSR count). The molecule has 0 radical (unpaired) electrons. The van der Waals surface area contributed by atoms with Gasteiger partial charge in [0, 0.05) is 25.8 Å². The summed E-state index contributed by atoms with van der Waals surface area (Å²) in [7, 11) is 0. The summed E-state index contributed by atoms with van der Waals surface area (Å²) >= 11 is 18.7. The summed E-state index contributed by atoms with van der Waals surface area (Å²) in [6.45, 7) is 3.37. The van der Waals surface area contributed by atoms with Gasteiger partial charge in [-0.2, -0.15) is 0 Å². The number of fused-ring (bicyclic) bond motifs is 1. The molecule has 12 heteroatoms. The van der Waals surface area contributed by atoms with Gasteiger partial charge in [0.05, 0.1) is 10.5 Å². The van der Waals surface area contributed by atoms with Crippen molar-refractivity contribution in [3.63, 3.8) is 0 Å². The highest BCUT2D eigenvalue weighted by Gasteiger charge is 2.51. The number of hydrogen-bond donors (Lipinski definition) is 0. The van der Waals surface area contributed by atoms with E-state index in [0.29, 0.717) is 16.1 Å². The number of carbonyl (C=O) groups is 3. The Balaban J connectivity index is 2.10. The predicted octanol–water partition coefficient (Wildman–Crippen LogP) is 3.32. The summed E-state index contributed by atoms with van der Waals surface area (Å²) < 4.78 is 23.2. The van der Waals surface area contributed by atoms with Gasteiger partial charge in [-0.3, -0.25) is 19.0 Å². The molecule has 0 saturated carbocycles. The lowest BCUT2D eigenvalue weighted by Gasteiger charge is -2.24. The highest BCUT2D eigenvalue weighted by atomic mass is 35.5. The molecule has 0 aliphatic carbocycles. The molecule has 0 unspecified atom stereocenters. The van der Waals surface area contributed by atoms with E-state index >= 15 is 0 Å². The van der Waals surface area contributed by atoms with E-state index in [0.717, 1.165) is 0 Å². The molecular weight excluding hydrogens is 463 g/mol. The van der Waals surface area contributed by atoms with E-state index in [1.165, 1.54) is 31.4 Å². The lowest BCUT2D eigenvalue weighted by atomic mass is 10.1. The topological polar surface area (TPSA) is 106 Å². The number of rotatable bonds is 5. The van der Waals surface area contributed by atoms with Crippen molar-refractivity contribution in [3.8, 4) is 0 Å². The van der Waals surface area contributed by atoms with Crippen LogP contribution in [0.25, 0.3) is 11.0 Å². The maximum absolute atomic E-state index is 11.8. The Morgan fingerprint density at radius 1 is 1.03 bits per heavy atom. The smallest absolute Gasteiger partial charge is 0.303 e. The third kappa shape index (κ3) is 4.64. The fraction of sp³-hybridized carbons (Fsp3) is 0.444. The maximum atomic E-state index is 11.8. The van der Waals surface area contributed by atoms with Gasteiger partial charge in [0.1, 0.15) is 18.2 Å². The van der Waals surface area contributed by atoms with E-state index in [1.807, 2.05) is 0 Å². The molecule has 1 fully saturated rings. The summed E-state index contributed by atoms with van der Waals surface area (Å²) in [5.41, 5.74) is 0.762. The monoisotopic (exact) mass is 478 g/mol. The first kappa shape index (κ1) is 22.6. The third-order valence-corrected chi connectivity index (χ3v) is 5.04. The van der Waals surface area contributed by atoms with Crippen molar-refractivity contribution >= 4 is 63.7 Å². The predicted molar refractivity (Wildman–Crippen MR) is 106 cm³/mol. The van der Waals surface area contributed by atoms with Crippen LogP contribution in [-0.4, -0.2) is 52.4 Å². The summed E-state index contributed by atoms with van der Waals surface area (Å²) in [6, 6.07) is 3.07.